The number of hydrogen-bond donors (Lipinski definition) is 0. The highest BCUT2D eigenvalue weighted by atomic mass is 35.5. The van der Waals surface area contributed by atoms with E-state index in [0.29, 0.717) is 5.92 Å². The molecule has 124 valence electrons. The van der Waals surface area contributed by atoms with Gasteiger partial charge in [0.2, 0.25) is 5.96 Å². The fourth-order valence-electron chi connectivity index (χ4n) is 3.73. The molecule has 2 aliphatic heterocycles. The number of benzene rings is 2. The van der Waals surface area contributed by atoms with Crippen molar-refractivity contribution in [1.82, 2.24) is 4.90 Å². The summed E-state index contributed by atoms with van der Waals surface area (Å²) < 4.78 is 0. The van der Waals surface area contributed by atoms with E-state index < -0.39 is 0 Å². The fourth-order valence-corrected chi connectivity index (χ4v) is 3.90. The van der Waals surface area contributed by atoms with Crippen molar-refractivity contribution in [2.75, 3.05) is 24.5 Å². The summed E-state index contributed by atoms with van der Waals surface area (Å²) in [6, 6.07) is 17.2. The topological polar surface area (TPSA) is 18.8 Å². The van der Waals surface area contributed by atoms with E-state index >= 15 is 0 Å². The molecule has 0 bridgehead atoms. The minimum atomic E-state index is 0.211. The van der Waals surface area contributed by atoms with Crippen molar-refractivity contribution in [2.45, 2.75) is 19.9 Å². The summed E-state index contributed by atoms with van der Waals surface area (Å²) in [5, 5.41) is 0.779. The molecule has 0 fully saturated rings. The molecule has 0 amide bonds. The van der Waals surface area contributed by atoms with E-state index in [1.54, 1.807) is 0 Å². The van der Waals surface area contributed by atoms with E-state index in [9.17, 15) is 0 Å². The predicted octanol–water partition coefficient (Wildman–Crippen LogP) is 4.58. The summed E-state index contributed by atoms with van der Waals surface area (Å²) in [6.07, 6.45) is 0. The number of anilines is 1. The molecule has 0 spiro atoms. The second-order valence-electron chi connectivity index (χ2n) is 6.90. The second-order valence-corrected chi connectivity index (χ2v) is 7.33. The minimum Gasteiger partial charge on any atom is -0.329 e. The van der Waals surface area contributed by atoms with Crippen molar-refractivity contribution < 1.29 is 0 Å². The lowest BCUT2D eigenvalue weighted by Crippen LogP contribution is -2.49. The van der Waals surface area contributed by atoms with Crippen LogP contribution in [-0.2, 0) is 0 Å². The summed E-state index contributed by atoms with van der Waals surface area (Å²) in [7, 11) is 0. The largest absolute Gasteiger partial charge is 0.329 e. The summed E-state index contributed by atoms with van der Waals surface area (Å²) in [4.78, 5) is 9.61. The van der Waals surface area contributed by atoms with Crippen LogP contribution in [0.3, 0.4) is 0 Å². The van der Waals surface area contributed by atoms with Gasteiger partial charge in [0, 0.05) is 23.7 Å². The zero-order valence-electron chi connectivity index (χ0n) is 14.1. The Bertz CT molecular complexity index is 770. The lowest BCUT2D eigenvalue weighted by molar-refractivity contribution is 0.371. The van der Waals surface area contributed by atoms with Crippen molar-refractivity contribution in [3.63, 3.8) is 0 Å². The van der Waals surface area contributed by atoms with E-state index in [1.165, 1.54) is 16.8 Å². The van der Waals surface area contributed by atoms with Crippen LogP contribution in [0.15, 0.2) is 53.5 Å². The maximum atomic E-state index is 6.34. The summed E-state index contributed by atoms with van der Waals surface area (Å²) in [5.41, 5.74) is 3.81. The summed E-state index contributed by atoms with van der Waals surface area (Å²) in [6.45, 7) is 7.26. The Morgan fingerprint density at radius 2 is 1.96 bits per heavy atom. The first kappa shape index (κ1) is 15.5. The number of rotatable bonds is 3. The van der Waals surface area contributed by atoms with Gasteiger partial charge in [-0.15, -0.1) is 0 Å². The number of fused-ring (bicyclic) bond motifs is 2. The monoisotopic (exact) mass is 339 g/mol. The molecular formula is C20H22ClN3. The zero-order chi connectivity index (χ0) is 16.7. The van der Waals surface area contributed by atoms with Crippen LogP contribution < -0.4 is 4.90 Å². The minimum absolute atomic E-state index is 0.211. The van der Waals surface area contributed by atoms with Crippen LogP contribution in [0.2, 0.25) is 5.02 Å². The fraction of sp³-hybridized carbons (Fsp3) is 0.350. The number of halogens is 1. The van der Waals surface area contributed by atoms with Crippen LogP contribution in [0.1, 0.15) is 31.0 Å². The van der Waals surface area contributed by atoms with Crippen molar-refractivity contribution >= 4 is 23.2 Å². The van der Waals surface area contributed by atoms with E-state index in [4.69, 9.17) is 16.6 Å². The molecule has 4 heteroatoms. The number of guanidine groups is 1. The SMILES string of the molecule is CC(C)CN1C2=NCCN2C(c2ccccc2)c2ccc(Cl)cc21. The van der Waals surface area contributed by atoms with Gasteiger partial charge >= 0.3 is 0 Å². The molecule has 0 saturated carbocycles. The molecule has 24 heavy (non-hydrogen) atoms. The highest BCUT2D eigenvalue weighted by Gasteiger charge is 2.38. The summed E-state index contributed by atoms with van der Waals surface area (Å²) >= 11 is 6.34. The first-order valence-electron chi connectivity index (χ1n) is 8.58. The zero-order valence-corrected chi connectivity index (χ0v) is 14.9. The third-order valence-electron chi connectivity index (χ3n) is 4.65. The number of nitrogens with zero attached hydrogens (tertiary/aromatic N) is 3. The van der Waals surface area contributed by atoms with Gasteiger partial charge in [-0.1, -0.05) is 61.8 Å². The first-order chi connectivity index (χ1) is 11.6. The average Bonchev–Trinajstić information content (AvgIpc) is 3.05. The Morgan fingerprint density at radius 1 is 1.17 bits per heavy atom. The van der Waals surface area contributed by atoms with Gasteiger partial charge in [-0.25, -0.2) is 0 Å². The molecule has 2 aliphatic rings. The molecule has 0 radical (unpaired) electrons. The van der Waals surface area contributed by atoms with Crippen LogP contribution in [0.25, 0.3) is 0 Å². The van der Waals surface area contributed by atoms with Gasteiger partial charge in [-0.3, -0.25) is 4.99 Å². The van der Waals surface area contributed by atoms with E-state index in [-0.39, 0.29) is 6.04 Å². The molecule has 0 N–H and O–H groups in total. The second kappa shape index (κ2) is 6.14. The van der Waals surface area contributed by atoms with Gasteiger partial charge in [0.05, 0.1) is 18.3 Å². The highest BCUT2D eigenvalue weighted by Crippen LogP contribution is 2.42. The Kier molecular flexibility index (Phi) is 3.97. The lowest BCUT2D eigenvalue weighted by Gasteiger charge is -2.44. The Balaban J connectivity index is 1.89. The molecule has 2 aromatic carbocycles. The maximum Gasteiger partial charge on any atom is 0.202 e. The van der Waals surface area contributed by atoms with Crippen LogP contribution >= 0.6 is 11.6 Å². The maximum absolute atomic E-state index is 6.34. The predicted molar refractivity (Wildman–Crippen MR) is 101 cm³/mol. The van der Waals surface area contributed by atoms with E-state index in [2.05, 4.69) is 66.1 Å². The Hall–Kier alpha value is -2.00. The van der Waals surface area contributed by atoms with Gasteiger partial charge < -0.3 is 9.80 Å². The van der Waals surface area contributed by atoms with Crippen LogP contribution in [0.5, 0.6) is 0 Å². The van der Waals surface area contributed by atoms with Crippen molar-refractivity contribution in [1.29, 1.82) is 0 Å². The third kappa shape index (κ3) is 2.57. The molecule has 0 aromatic heterocycles. The molecule has 2 heterocycles. The van der Waals surface area contributed by atoms with Gasteiger partial charge in [0.1, 0.15) is 0 Å². The molecule has 4 rings (SSSR count). The lowest BCUT2D eigenvalue weighted by atomic mass is 9.93. The molecule has 0 saturated heterocycles. The smallest absolute Gasteiger partial charge is 0.202 e. The van der Waals surface area contributed by atoms with Crippen molar-refractivity contribution in [3.05, 3.63) is 64.7 Å². The van der Waals surface area contributed by atoms with E-state index in [1.807, 2.05) is 6.07 Å². The third-order valence-corrected chi connectivity index (χ3v) is 4.88. The van der Waals surface area contributed by atoms with Gasteiger partial charge in [0.15, 0.2) is 0 Å². The summed E-state index contributed by atoms with van der Waals surface area (Å²) in [5.74, 6) is 1.64. The molecule has 1 atom stereocenters. The van der Waals surface area contributed by atoms with Crippen molar-refractivity contribution in [3.8, 4) is 0 Å². The molecule has 3 nitrogen and oxygen atoms in total. The van der Waals surface area contributed by atoms with Crippen LogP contribution in [0.4, 0.5) is 5.69 Å². The standard InChI is InChI=1S/C20H22ClN3/c1-14(2)13-24-18-12-16(21)8-9-17(18)19(15-6-4-3-5-7-15)23-11-10-22-20(23)24/h3-9,12,14,19H,10-11,13H2,1-2H3. The highest BCUT2D eigenvalue weighted by molar-refractivity contribution is 6.31. The average molecular weight is 340 g/mol. The quantitative estimate of drug-likeness (QED) is 0.815. The van der Waals surface area contributed by atoms with Crippen LogP contribution in [0, 0.1) is 5.92 Å². The Labute approximate surface area is 148 Å². The van der Waals surface area contributed by atoms with Gasteiger partial charge in [-0.2, -0.15) is 0 Å². The molecular weight excluding hydrogens is 318 g/mol. The van der Waals surface area contributed by atoms with Crippen LogP contribution in [-0.4, -0.2) is 30.5 Å². The molecule has 2 aromatic rings. The Morgan fingerprint density at radius 3 is 2.71 bits per heavy atom. The first-order valence-corrected chi connectivity index (χ1v) is 8.96. The number of aliphatic imine (C=N–C) groups is 1. The van der Waals surface area contributed by atoms with Gasteiger partial charge in [-0.05, 0) is 23.6 Å². The molecule has 0 aliphatic carbocycles. The van der Waals surface area contributed by atoms with E-state index in [0.717, 1.165) is 30.6 Å². The number of hydrogen-bond acceptors (Lipinski definition) is 3. The molecule has 1 unspecified atom stereocenters. The normalized spacial score (nSPS) is 19.3. The van der Waals surface area contributed by atoms with Crippen molar-refractivity contribution in [2.24, 2.45) is 10.9 Å². The van der Waals surface area contributed by atoms with Gasteiger partial charge in [0.25, 0.3) is 0 Å².